The van der Waals surface area contributed by atoms with Gasteiger partial charge in [-0.25, -0.2) is 9.59 Å². The number of rotatable bonds is 5. The van der Waals surface area contributed by atoms with E-state index >= 15 is 0 Å². The van der Waals surface area contributed by atoms with Crippen LogP contribution in [0.25, 0.3) is 0 Å². The van der Waals surface area contributed by atoms with Crippen molar-refractivity contribution in [1.82, 2.24) is 4.90 Å². The van der Waals surface area contributed by atoms with Crippen molar-refractivity contribution < 1.29 is 19.1 Å². The summed E-state index contributed by atoms with van der Waals surface area (Å²) in [5.74, 6) is -0.418. The maximum Gasteiger partial charge on any atom is 0.411 e. The Morgan fingerprint density at radius 2 is 2.09 bits per heavy atom. The molecule has 0 aliphatic carbocycles. The van der Waals surface area contributed by atoms with E-state index in [4.69, 9.17) is 9.47 Å². The summed E-state index contributed by atoms with van der Waals surface area (Å²) in [6.45, 7) is 7.73. The number of nitrogens with zero attached hydrogens (tertiary/aromatic N) is 1. The Hall–Kier alpha value is -2.30. The summed E-state index contributed by atoms with van der Waals surface area (Å²) in [4.78, 5) is 26.2. The average molecular weight is 317 g/mol. The predicted octanol–water partition coefficient (Wildman–Crippen LogP) is 3.30. The molecule has 1 aliphatic rings. The Morgan fingerprint density at radius 3 is 2.74 bits per heavy atom. The van der Waals surface area contributed by atoms with Crippen LogP contribution in [-0.2, 0) is 20.9 Å². The van der Waals surface area contributed by atoms with Gasteiger partial charge < -0.3 is 9.47 Å². The van der Waals surface area contributed by atoms with Gasteiger partial charge in [0.1, 0.15) is 18.2 Å². The van der Waals surface area contributed by atoms with Gasteiger partial charge in [0.05, 0.1) is 0 Å². The van der Waals surface area contributed by atoms with Crippen molar-refractivity contribution in [2.75, 3.05) is 6.54 Å². The molecule has 1 amide bonds. The third-order valence-electron chi connectivity index (χ3n) is 4.13. The Labute approximate surface area is 136 Å². The molecular weight excluding hydrogens is 294 g/mol. The van der Waals surface area contributed by atoms with Gasteiger partial charge >= 0.3 is 12.1 Å². The van der Waals surface area contributed by atoms with Gasteiger partial charge in [0.2, 0.25) is 0 Å². The van der Waals surface area contributed by atoms with Gasteiger partial charge in [0, 0.05) is 6.54 Å². The summed E-state index contributed by atoms with van der Waals surface area (Å²) >= 11 is 0. The van der Waals surface area contributed by atoms with Crippen LogP contribution in [0.15, 0.2) is 43.0 Å². The van der Waals surface area contributed by atoms with Crippen LogP contribution in [0.1, 0.15) is 32.3 Å². The molecule has 0 saturated carbocycles. The molecule has 1 aliphatic heterocycles. The number of carbonyl (C=O) groups excluding carboxylic acids is 2. The average Bonchev–Trinajstić information content (AvgIpc) is 2.96. The molecule has 0 spiro atoms. The van der Waals surface area contributed by atoms with Gasteiger partial charge in [-0.3, -0.25) is 4.90 Å². The van der Waals surface area contributed by atoms with Crippen molar-refractivity contribution >= 4 is 12.1 Å². The molecule has 1 saturated heterocycles. The molecule has 0 radical (unpaired) electrons. The van der Waals surface area contributed by atoms with E-state index in [0.29, 0.717) is 13.0 Å². The molecule has 1 aromatic carbocycles. The first-order valence-corrected chi connectivity index (χ1v) is 7.79. The van der Waals surface area contributed by atoms with Gasteiger partial charge in [0.25, 0.3) is 0 Å². The number of amides is 1. The van der Waals surface area contributed by atoms with Gasteiger partial charge in [-0.05, 0) is 32.3 Å². The topological polar surface area (TPSA) is 55.8 Å². The molecular formula is C18H23NO4. The van der Waals surface area contributed by atoms with Gasteiger partial charge in [-0.2, -0.15) is 0 Å². The Bertz CT molecular complexity index is 572. The quantitative estimate of drug-likeness (QED) is 0.617. The molecule has 0 N–H and O–H groups in total. The molecule has 1 heterocycles. The lowest BCUT2D eigenvalue weighted by molar-refractivity contribution is -0.157. The highest BCUT2D eigenvalue weighted by Crippen LogP contribution is 2.31. The van der Waals surface area contributed by atoms with Crippen LogP contribution in [0.3, 0.4) is 0 Å². The van der Waals surface area contributed by atoms with E-state index in [1.165, 1.54) is 4.90 Å². The molecule has 2 unspecified atom stereocenters. The SMILES string of the molecule is C=CC(C)OC(=O)C1(C)CCCN1C(=O)OCc1ccccc1. The summed E-state index contributed by atoms with van der Waals surface area (Å²) in [6, 6.07) is 9.45. The number of hydrogen-bond donors (Lipinski definition) is 0. The summed E-state index contributed by atoms with van der Waals surface area (Å²) in [7, 11) is 0. The molecule has 2 rings (SSSR count). The number of benzene rings is 1. The summed E-state index contributed by atoms with van der Waals surface area (Å²) in [5.41, 5.74) is -0.0741. The fraction of sp³-hybridized carbons (Fsp3) is 0.444. The number of esters is 1. The third-order valence-corrected chi connectivity index (χ3v) is 4.13. The molecule has 5 heteroatoms. The maximum absolute atomic E-state index is 12.4. The fourth-order valence-electron chi connectivity index (χ4n) is 2.61. The first-order chi connectivity index (χ1) is 11.0. The molecule has 5 nitrogen and oxygen atoms in total. The monoisotopic (exact) mass is 317 g/mol. The van der Waals surface area contributed by atoms with Crippen molar-refractivity contribution in [2.45, 2.75) is 44.9 Å². The Balaban J connectivity index is 2.00. The smallest absolute Gasteiger partial charge is 0.411 e. The highest BCUT2D eigenvalue weighted by molar-refractivity contribution is 5.86. The lowest BCUT2D eigenvalue weighted by atomic mass is 9.99. The van der Waals surface area contributed by atoms with Crippen LogP contribution >= 0.6 is 0 Å². The van der Waals surface area contributed by atoms with Gasteiger partial charge in [-0.1, -0.05) is 43.0 Å². The van der Waals surface area contributed by atoms with Gasteiger partial charge in [-0.15, -0.1) is 0 Å². The Kier molecular flexibility index (Phi) is 5.42. The number of ether oxygens (including phenoxy) is 2. The van der Waals surface area contributed by atoms with E-state index in [1.54, 1.807) is 19.9 Å². The van der Waals surface area contributed by atoms with Crippen molar-refractivity contribution in [1.29, 1.82) is 0 Å². The zero-order valence-electron chi connectivity index (χ0n) is 13.7. The predicted molar refractivity (Wildman–Crippen MR) is 86.7 cm³/mol. The van der Waals surface area contributed by atoms with Crippen molar-refractivity contribution in [3.05, 3.63) is 48.6 Å². The minimum absolute atomic E-state index is 0.185. The zero-order chi connectivity index (χ0) is 16.9. The minimum Gasteiger partial charge on any atom is -0.457 e. The second-order valence-corrected chi connectivity index (χ2v) is 5.92. The van der Waals surface area contributed by atoms with Crippen LogP contribution in [0.5, 0.6) is 0 Å². The summed E-state index contributed by atoms with van der Waals surface area (Å²) < 4.78 is 10.7. The minimum atomic E-state index is -0.981. The number of likely N-dealkylation sites (tertiary alicyclic amines) is 1. The molecule has 1 fully saturated rings. The van der Waals surface area contributed by atoms with Crippen LogP contribution in [0, 0.1) is 0 Å². The van der Waals surface area contributed by atoms with Crippen LogP contribution < -0.4 is 0 Å². The van der Waals surface area contributed by atoms with Crippen LogP contribution in [0.2, 0.25) is 0 Å². The van der Waals surface area contributed by atoms with Crippen LogP contribution in [-0.4, -0.2) is 35.2 Å². The molecule has 124 valence electrons. The Morgan fingerprint density at radius 1 is 1.39 bits per heavy atom. The number of carbonyl (C=O) groups is 2. The van der Waals surface area contributed by atoms with Crippen molar-refractivity contribution in [3.63, 3.8) is 0 Å². The maximum atomic E-state index is 12.4. The summed E-state index contributed by atoms with van der Waals surface area (Å²) in [5, 5.41) is 0. The second kappa shape index (κ2) is 7.31. The van der Waals surface area contributed by atoms with E-state index in [2.05, 4.69) is 6.58 Å². The van der Waals surface area contributed by atoms with E-state index in [-0.39, 0.29) is 12.7 Å². The molecule has 0 aromatic heterocycles. The lowest BCUT2D eigenvalue weighted by Gasteiger charge is -2.32. The summed E-state index contributed by atoms with van der Waals surface area (Å²) in [6.07, 6.45) is 1.98. The largest absolute Gasteiger partial charge is 0.457 e. The molecule has 2 atom stereocenters. The third kappa shape index (κ3) is 3.92. The number of hydrogen-bond acceptors (Lipinski definition) is 4. The standard InChI is InChI=1S/C18H23NO4/c1-4-14(2)23-16(20)18(3)11-8-12-19(18)17(21)22-13-15-9-6-5-7-10-15/h4-7,9-10,14H,1,8,11-13H2,2-3H3. The lowest BCUT2D eigenvalue weighted by Crippen LogP contribution is -2.52. The molecule has 1 aromatic rings. The normalized spacial score (nSPS) is 21.6. The van der Waals surface area contributed by atoms with E-state index in [0.717, 1.165) is 12.0 Å². The van der Waals surface area contributed by atoms with Crippen molar-refractivity contribution in [3.8, 4) is 0 Å². The first-order valence-electron chi connectivity index (χ1n) is 7.79. The first kappa shape index (κ1) is 17.1. The fourth-order valence-corrected chi connectivity index (χ4v) is 2.61. The van der Waals surface area contributed by atoms with Gasteiger partial charge in [0.15, 0.2) is 0 Å². The highest BCUT2D eigenvalue weighted by atomic mass is 16.6. The van der Waals surface area contributed by atoms with E-state index in [1.807, 2.05) is 30.3 Å². The van der Waals surface area contributed by atoms with E-state index < -0.39 is 17.6 Å². The molecule has 0 bridgehead atoms. The zero-order valence-corrected chi connectivity index (χ0v) is 13.7. The van der Waals surface area contributed by atoms with Crippen LogP contribution in [0.4, 0.5) is 4.79 Å². The second-order valence-electron chi connectivity index (χ2n) is 5.92. The molecule has 23 heavy (non-hydrogen) atoms. The van der Waals surface area contributed by atoms with E-state index in [9.17, 15) is 9.59 Å². The highest BCUT2D eigenvalue weighted by Gasteiger charge is 2.48. The van der Waals surface area contributed by atoms with Crippen molar-refractivity contribution in [2.24, 2.45) is 0 Å².